The molecule has 0 saturated heterocycles. The minimum Gasteiger partial charge on any atom is -0.327 e. The molecule has 5 heteroatoms. The first kappa shape index (κ1) is 18.1. The minimum absolute atomic E-state index is 0.119. The maximum atomic E-state index is 13.0. The van der Waals surface area contributed by atoms with Crippen LogP contribution in [-0.2, 0) is 4.79 Å². The third-order valence-electron chi connectivity index (χ3n) is 4.45. The topological polar surface area (TPSA) is 49.4 Å². The molecule has 0 aliphatic carbocycles. The van der Waals surface area contributed by atoms with Crippen LogP contribution in [-0.4, -0.2) is 23.8 Å². The number of nitrogens with one attached hydrogen (secondary N) is 1. The molecule has 0 aromatic heterocycles. The van der Waals surface area contributed by atoms with Gasteiger partial charge in [-0.05, 0) is 36.3 Å². The summed E-state index contributed by atoms with van der Waals surface area (Å²) in [6, 6.07) is 16.6. The maximum Gasteiger partial charge on any atom is 0.322 e. The molecule has 0 bridgehead atoms. The lowest BCUT2D eigenvalue weighted by molar-refractivity contribution is -0.111. The van der Waals surface area contributed by atoms with Crippen LogP contribution in [0.25, 0.3) is 6.08 Å². The van der Waals surface area contributed by atoms with Gasteiger partial charge >= 0.3 is 6.03 Å². The van der Waals surface area contributed by atoms with Crippen molar-refractivity contribution in [3.05, 3.63) is 87.5 Å². The number of benzene rings is 2. The van der Waals surface area contributed by atoms with Gasteiger partial charge in [-0.1, -0.05) is 64.5 Å². The minimum atomic E-state index is -0.457. The van der Waals surface area contributed by atoms with Gasteiger partial charge in [0.15, 0.2) is 5.78 Å². The molecular weight excluding hydrogens is 392 g/mol. The van der Waals surface area contributed by atoms with Crippen LogP contribution in [0.3, 0.4) is 0 Å². The molecule has 1 aliphatic rings. The van der Waals surface area contributed by atoms with E-state index >= 15 is 0 Å². The first-order valence-electron chi connectivity index (χ1n) is 8.25. The first-order chi connectivity index (χ1) is 12.5. The number of allylic oxidation sites excluding steroid dienone is 2. The van der Waals surface area contributed by atoms with Gasteiger partial charge in [-0.15, -0.1) is 0 Å². The first-order valence-corrected chi connectivity index (χ1v) is 9.04. The van der Waals surface area contributed by atoms with Crippen molar-refractivity contribution >= 4 is 33.8 Å². The highest BCUT2D eigenvalue weighted by Gasteiger charge is 2.32. The molecule has 3 rings (SSSR count). The van der Waals surface area contributed by atoms with Crippen molar-refractivity contribution in [2.75, 3.05) is 7.05 Å². The Hall–Kier alpha value is -2.66. The number of amides is 2. The molecule has 0 saturated carbocycles. The van der Waals surface area contributed by atoms with Crippen molar-refractivity contribution < 1.29 is 9.59 Å². The van der Waals surface area contributed by atoms with Crippen LogP contribution in [0.1, 0.15) is 24.1 Å². The van der Waals surface area contributed by atoms with E-state index in [2.05, 4.69) is 21.2 Å². The van der Waals surface area contributed by atoms with Crippen molar-refractivity contribution in [1.29, 1.82) is 0 Å². The molecule has 2 aromatic carbocycles. The number of urea groups is 1. The number of nitrogens with zero attached hydrogens (tertiary/aromatic N) is 1. The lowest BCUT2D eigenvalue weighted by atomic mass is 9.91. The summed E-state index contributed by atoms with van der Waals surface area (Å²) >= 11 is 3.40. The lowest BCUT2D eigenvalue weighted by Gasteiger charge is -2.33. The van der Waals surface area contributed by atoms with Crippen LogP contribution in [0.4, 0.5) is 4.79 Å². The monoisotopic (exact) mass is 410 g/mol. The van der Waals surface area contributed by atoms with Crippen molar-refractivity contribution in [3.8, 4) is 0 Å². The third kappa shape index (κ3) is 3.78. The predicted octanol–water partition coefficient (Wildman–Crippen LogP) is 4.70. The van der Waals surface area contributed by atoms with Gasteiger partial charge in [0.1, 0.15) is 0 Å². The zero-order chi connectivity index (χ0) is 18.7. The fraction of sp³-hybridized carbons (Fsp3) is 0.143. The average Bonchev–Trinajstić information content (AvgIpc) is 2.66. The molecular formula is C21H19BrN2O2. The quantitative estimate of drug-likeness (QED) is 0.742. The summed E-state index contributed by atoms with van der Waals surface area (Å²) in [4.78, 5) is 26.6. The van der Waals surface area contributed by atoms with Gasteiger partial charge in [-0.25, -0.2) is 4.79 Å². The fourth-order valence-corrected chi connectivity index (χ4v) is 3.15. The van der Waals surface area contributed by atoms with Gasteiger partial charge in [0, 0.05) is 22.8 Å². The second-order valence-electron chi connectivity index (χ2n) is 6.10. The molecule has 0 radical (unpaired) electrons. The smallest absolute Gasteiger partial charge is 0.322 e. The molecule has 26 heavy (non-hydrogen) atoms. The summed E-state index contributed by atoms with van der Waals surface area (Å²) in [6.07, 6.45) is 3.34. The van der Waals surface area contributed by atoms with E-state index in [-0.39, 0.29) is 11.8 Å². The Kier molecular flexibility index (Phi) is 5.38. The van der Waals surface area contributed by atoms with Crippen molar-refractivity contribution in [2.45, 2.75) is 13.0 Å². The molecule has 0 spiro atoms. The summed E-state index contributed by atoms with van der Waals surface area (Å²) < 4.78 is 0.986. The zero-order valence-electron chi connectivity index (χ0n) is 14.6. The molecule has 1 atom stereocenters. The van der Waals surface area contributed by atoms with Gasteiger partial charge < -0.3 is 10.2 Å². The van der Waals surface area contributed by atoms with Gasteiger partial charge in [0.05, 0.1) is 6.04 Å². The number of carbonyl (C=O) groups excluding carboxylic acids is 2. The van der Waals surface area contributed by atoms with Gasteiger partial charge in [-0.3, -0.25) is 4.79 Å². The van der Waals surface area contributed by atoms with Crippen molar-refractivity contribution in [3.63, 3.8) is 0 Å². The molecule has 4 nitrogen and oxygen atoms in total. The maximum absolute atomic E-state index is 13.0. The van der Waals surface area contributed by atoms with E-state index in [4.69, 9.17) is 0 Å². The SMILES string of the molecule is CC1=C(C(=O)C=Cc2ccc(Br)cc2)C(c2ccccc2)NC(=O)N1C. The molecule has 1 unspecified atom stereocenters. The number of ketones is 1. The molecule has 1 heterocycles. The Balaban J connectivity index is 1.96. The summed E-state index contributed by atoms with van der Waals surface area (Å²) in [5, 5.41) is 2.92. The highest BCUT2D eigenvalue weighted by Crippen LogP contribution is 2.30. The highest BCUT2D eigenvalue weighted by molar-refractivity contribution is 9.10. The number of rotatable bonds is 4. The normalized spacial score (nSPS) is 17.6. The van der Waals surface area contributed by atoms with Crippen LogP contribution in [0.15, 0.2) is 76.4 Å². The lowest BCUT2D eigenvalue weighted by Crippen LogP contribution is -2.45. The van der Waals surface area contributed by atoms with E-state index in [0.717, 1.165) is 15.6 Å². The molecule has 132 valence electrons. The van der Waals surface area contributed by atoms with Crippen LogP contribution >= 0.6 is 15.9 Å². The van der Waals surface area contributed by atoms with E-state index in [1.165, 1.54) is 4.90 Å². The van der Waals surface area contributed by atoms with Crippen molar-refractivity contribution in [1.82, 2.24) is 10.2 Å². The number of carbonyl (C=O) groups is 2. The van der Waals surface area contributed by atoms with Crippen LogP contribution < -0.4 is 5.32 Å². The van der Waals surface area contributed by atoms with E-state index in [1.807, 2.05) is 54.6 Å². The Bertz CT molecular complexity index is 886. The second kappa shape index (κ2) is 7.70. The van der Waals surface area contributed by atoms with Gasteiger partial charge in [-0.2, -0.15) is 0 Å². The average molecular weight is 411 g/mol. The molecule has 2 aromatic rings. The Labute approximate surface area is 161 Å². The number of hydrogen-bond acceptors (Lipinski definition) is 2. The summed E-state index contributed by atoms with van der Waals surface area (Å²) in [6.45, 7) is 1.80. The zero-order valence-corrected chi connectivity index (χ0v) is 16.2. The molecule has 1 aliphatic heterocycles. The fourth-order valence-electron chi connectivity index (χ4n) is 2.89. The highest BCUT2D eigenvalue weighted by atomic mass is 79.9. The van der Waals surface area contributed by atoms with E-state index < -0.39 is 6.04 Å². The van der Waals surface area contributed by atoms with Crippen LogP contribution in [0, 0.1) is 0 Å². The molecule has 0 fully saturated rings. The Morgan fingerprint density at radius 2 is 1.77 bits per heavy atom. The molecule has 2 amide bonds. The summed E-state index contributed by atoms with van der Waals surface area (Å²) in [5.74, 6) is -0.119. The third-order valence-corrected chi connectivity index (χ3v) is 4.98. The predicted molar refractivity (Wildman–Crippen MR) is 106 cm³/mol. The summed E-state index contributed by atoms with van der Waals surface area (Å²) in [5.41, 5.74) is 3.05. The van der Waals surface area contributed by atoms with E-state index in [0.29, 0.717) is 11.3 Å². The van der Waals surface area contributed by atoms with E-state index in [1.54, 1.807) is 26.1 Å². The summed E-state index contributed by atoms with van der Waals surface area (Å²) in [7, 11) is 1.66. The van der Waals surface area contributed by atoms with E-state index in [9.17, 15) is 9.59 Å². The van der Waals surface area contributed by atoms with Gasteiger partial charge in [0.25, 0.3) is 0 Å². The van der Waals surface area contributed by atoms with Gasteiger partial charge in [0.2, 0.25) is 0 Å². The Morgan fingerprint density at radius 1 is 1.12 bits per heavy atom. The number of halogens is 1. The van der Waals surface area contributed by atoms with Crippen LogP contribution in [0.5, 0.6) is 0 Å². The van der Waals surface area contributed by atoms with Crippen LogP contribution in [0.2, 0.25) is 0 Å². The largest absolute Gasteiger partial charge is 0.327 e. The Morgan fingerprint density at radius 3 is 2.42 bits per heavy atom. The second-order valence-corrected chi connectivity index (χ2v) is 7.02. The van der Waals surface area contributed by atoms with Crippen molar-refractivity contribution in [2.24, 2.45) is 0 Å². The molecule has 1 N–H and O–H groups in total. The standard InChI is InChI=1S/C21H19BrN2O2/c1-14-19(18(25)13-10-15-8-11-17(22)12-9-15)20(23-21(26)24(14)2)16-6-4-3-5-7-16/h3-13,20H,1-2H3,(H,23,26). The number of hydrogen-bond donors (Lipinski definition) is 1.